The summed E-state index contributed by atoms with van der Waals surface area (Å²) in [5, 5.41) is 0.580. The Morgan fingerprint density at radius 2 is 2.00 bits per heavy atom. The van der Waals surface area contributed by atoms with E-state index in [1.54, 1.807) is 19.4 Å². The van der Waals surface area contributed by atoms with Gasteiger partial charge in [0, 0.05) is 28.7 Å². The van der Waals surface area contributed by atoms with E-state index in [9.17, 15) is 4.39 Å². The number of benzene rings is 1. The van der Waals surface area contributed by atoms with Gasteiger partial charge in [0.15, 0.2) is 0 Å². The van der Waals surface area contributed by atoms with E-state index in [0.717, 1.165) is 28.1 Å². The van der Waals surface area contributed by atoms with Crippen molar-refractivity contribution < 1.29 is 13.9 Å². The molecule has 5 heteroatoms. The fourth-order valence-electron chi connectivity index (χ4n) is 2.15. The number of alkyl halides is 1. The summed E-state index contributed by atoms with van der Waals surface area (Å²) in [4.78, 5) is 4.36. The van der Waals surface area contributed by atoms with Crippen LogP contribution >= 0.6 is 15.9 Å². The van der Waals surface area contributed by atoms with Crippen LogP contribution in [0.4, 0.5) is 4.39 Å². The lowest BCUT2D eigenvalue weighted by atomic mass is 10.1. The van der Waals surface area contributed by atoms with Gasteiger partial charge in [0.25, 0.3) is 0 Å². The molecule has 3 nitrogen and oxygen atoms in total. The second-order valence-electron chi connectivity index (χ2n) is 4.76. The van der Waals surface area contributed by atoms with E-state index in [0.29, 0.717) is 11.1 Å². The molecule has 0 atom stereocenters. The van der Waals surface area contributed by atoms with Gasteiger partial charge in [0.2, 0.25) is 0 Å². The summed E-state index contributed by atoms with van der Waals surface area (Å²) in [5.74, 6) is 0.988. The Bertz CT molecular complexity index is 646. The SMILES string of the molecule is COc1c(C)cnc(COc2cc(F)cc(CBr)c2)c1C. The number of halogens is 2. The van der Waals surface area contributed by atoms with Gasteiger partial charge in [-0.15, -0.1) is 0 Å². The van der Waals surface area contributed by atoms with Crippen molar-refractivity contribution in [3.8, 4) is 11.5 Å². The summed E-state index contributed by atoms with van der Waals surface area (Å²) < 4.78 is 24.5. The predicted molar refractivity (Wildman–Crippen MR) is 83.6 cm³/mol. The summed E-state index contributed by atoms with van der Waals surface area (Å²) in [6, 6.07) is 4.64. The van der Waals surface area contributed by atoms with Crippen LogP contribution < -0.4 is 9.47 Å². The average Bonchev–Trinajstić information content (AvgIpc) is 2.46. The third kappa shape index (κ3) is 3.73. The lowest BCUT2D eigenvalue weighted by Crippen LogP contribution is -2.04. The lowest BCUT2D eigenvalue weighted by Gasteiger charge is -2.13. The Morgan fingerprint density at radius 1 is 1.24 bits per heavy atom. The number of ether oxygens (including phenoxy) is 2. The zero-order valence-corrected chi connectivity index (χ0v) is 13.8. The number of rotatable bonds is 5. The highest BCUT2D eigenvalue weighted by atomic mass is 79.9. The smallest absolute Gasteiger partial charge is 0.131 e. The first-order valence-electron chi connectivity index (χ1n) is 6.52. The number of aryl methyl sites for hydroxylation is 1. The Hall–Kier alpha value is -1.62. The van der Waals surface area contributed by atoms with Crippen molar-refractivity contribution in [3.63, 3.8) is 0 Å². The maximum atomic E-state index is 13.5. The average molecular weight is 354 g/mol. The van der Waals surface area contributed by atoms with Gasteiger partial charge in [-0.1, -0.05) is 15.9 Å². The molecule has 21 heavy (non-hydrogen) atoms. The Labute approximate surface area is 132 Å². The first-order valence-corrected chi connectivity index (χ1v) is 7.64. The van der Waals surface area contributed by atoms with Crippen LogP contribution in [0.15, 0.2) is 24.4 Å². The highest BCUT2D eigenvalue weighted by Gasteiger charge is 2.10. The first kappa shape index (κ1) is 15.8. The molecule has 0 spiro atoms. The number of hydrogen-bond donors (Lipinski definition) is 0. The van der Waals surface area contributed by atoms with Crippen LogP contribution in [-0.2, 0) is 11.9 Å². The molecule has 0 bridgehead atoms. The normalized spacial score (nSPS) is 10.5. The van der Waals surface area contributed by atoms with Gasteiger partial charge in [0.05, 0.1) is 12.8 Å². The molecule has 2 aromatic rings. The highest BCUT2D eigenvalue weighted by molar-refractivity contribution is 9.08. The zero-order valence-electron chi connectivity index (χ0n) is 12.2. The molecular weight excluding hydrogens is 337 g/mol. The standard InChI is InChI=1S/C16H17BrFNO2/c1-10-8-19-15(11(2)16(10)20-3)9-21-14-5-12(7-17)4-13(18)6-14/h4-6,8H,7,9H2,1-3H3. The minimum absolute atomic E-state index is 0.271. The van der Waals surface area contributed by atoms with Gasteiger partial charge in [-0.25, -0.2) is 4.39 Å². The molecule has 0 aliphatic heterocycles. The van der Waals surface area contributed by atoms with Crippen molar-refractivity contribution in [2.24, 2.45) is 0 Å². The van der Waals surface area contributed by atoms with Crippen LogP contribution in [0.25, 0.3) is 0 Å². The molecule has 1 aromatic carbocycles. The quantitative estimate of drug-likeness (QED) is 0.750. The van der Waals surface area contributed by atoms with Gasteiger partial charge in [-0.3, -0.25) is 4.98 Å². The number of pyridine rings is 1. The summed E-state index contributed by atoms with van der Waals surface area (Å²) in [6.45, 7) is 4.15. The largest absolute Gasteiger partial charge is 0.496 e. The summed E-state index contributed by atoms with van der Waals surface area (Å²) in [5.41, 5.74) is 3.53. The van der Waals surface area contributed by atoms with Crippen molar-refractivity contribution in [2.75, 3.05) is 7.11 Å². The second kappa shape index (κ2) is 6.89. The second-order valence-corrected chi connectivity index (χ2v) is 5.32. The Morgan fingerprint density at radius 3 is 2.67 bits per heavy atom. The fraction of sp³-hybridized carbons (Fsp3) is 0.312. The van der Waals surface area contributed by atoms with Gasteiger partial charge < -0.3 is 9.47 Å². The number of hydrogen-bond acceptors (Lipinski definition) is 3. The first-order chi connectivity index (χ1) is 10.0. The lowest BCUT2D eigenvalue weighted by molar-refractivity contribution is 0.297. The van der Waals surface area contributed by atoms with E-state index in [-0.39, 0.29) is 12.4 Å². The fourth-order valence-corrected chi connectivity index (χ4v) is 2.47. The molecule has 2 rings (SSSR count). The molecule has 0 saturated heterocycles. The molecule has 0 amide bonds. The number of methoxy groups -OCH3 is 1. The van der Waals surface area contributed by atoms with Crippen LogP contribution in [-0.4, -0.2) is 12.1 Å². The minimum Gasteiger partial charge on any atom is -0.496 e. The van der Waals surface area contributed by atoms with Crippen molar-refractivity contribution >= 4 is 15.9 Å². The van der Waals surface area contributed by atoms with Crippen molar-refractivity contribution in [2.45, 2.75) is 25.8 Å². The topological polar surface area (TPSA) is 31.4 Å². The summed E-state index contributed by atoms with van der Waals surface area (Å²) in [7, 11) is 1.63. The van der Waals surface area contributed by atoms with E-state index in [4.69, 9.17) is 9.47 Å². The number of aromatic nitrogens is 1. The van der Waals surface area contributed by atoms with E-state index in [1.807, 2.05) is 13.8 Å². The minimum atomic E-state index is -0.312. The van der Waals surface area contributed by atoms with Gasteiger partial charge >= 0.3 is 0 Å². The zero-order chi connectivity index (χ0) is 15.4. The van der Waals surface area contributed by atoms with E-state index in [1.165, 1.54) is 12.1 Å². The molecular formula is C16H17BrFNO2. The van der Waals surface area contributed by atoms with Crippen LogP contribution in [0, 0.1) is 19.7 Å². The van der Waals surface area contributed by atoms with Crippen molar-refractivity contribution in [1.82, 2.24) is 4.98 Å². The van der Waals surface area contributed by atoms with Crippen LogP contribution in [0.1, 0.15) is 22.4 Å². The maximum absolute atomic E-state index is 13.5. The molecule has 0 unspecified atom stereocenters. The molecule has 1 aromatic heterocycles. The monoisotopic (exact) mass is 353 g/mol. The highest BCUT2D eigenvalue weighted by Crippen LogP contribution is 2.25. The van der Waals surface area contributed by atoms with Crippen molar-refractivity contribution in [3.05, 3.63) is 52.6 Å². The Balaban J connectivity index is 2.19. The molecule has 0 radical (unpaired) electrons. The molecule has 112 valence electrons. The summed E-state index contributed by atoms with van der Waals surface area (Å²) >= 11 is 3.31. The molecule has 0 saturated carbocycles. The van der Waals surface area contributed by atoms with Gasteiger partial charge in [-0.2, -0.15) is 0 Å². The predicted octanol–water partition coefficient (Wildman–Crippen LogP) is 4.32. The van der Waals surface area contributed by atoms with E-state index in [2.05, 4.69) is 20.9 Å². The van der Waals surface area contributed by atoms with Gasteiger partial charge in [-0.05, 0) is 31.5 Å². The van der Waals surface area contributed by atoms with Gasteiger partial charge in [0.1, 0.15) is 23.9 Å². The van der Waals surface area contributed by atoms with Crippen LogP contribution in [0.2, 0.25) is 0 Å². The molecule has 0 fully saturated rings. The summed E-state index contributed by atoms with van der Waals surface area (Å²) in [6.07, 6.45) is 1.75. The third-order valence-electron chi connectivity index (χ3n) is 3.21. The number of nitrogens with zero attached hydrogens (tertiary/aromatic N) is 1. The molecule has 1 heterocycles. The van der Waals surface area contributed by atoms with Crippen LogP contribution in [0.5, 0.6) is 11.5 Å². The van der Waals surface area contributed by atoms with E-state index < -0.39 is 0 Å². The Kier molecular flexibility index (Phi) is 5.17. The maximum Gasteiger partial charge on any atom is 0.131 e. The third-order valence-corrected chi connectivity index (χ3v) is 3.86. The van der Waals surface area contributed by atoms with E-state index >= 15 is 0 Å². The molecule has 0 aliphatic rings. The van der Waals surface area contributed by atoms with Crippen LogP contribution in [0.3, 0.4) is 0 Å². The molecule has 0 aliphatic carbocycles. The van der Waals surface area contributed by atoms with Crippen molar-refractivity contribution in [1.29, 1.82) is 0 Å². The molecule has 0 N–H and O–H groups in total.